The Morgan fingerprint density at radius 3 is 2.57 bits per heavy atom. The standard InChI is InChI=1S/C3H6ClN3/c4-3(5)1-2-6-7-3/h1-2,6-7H,5H2. The van der Waals surface area contributed by atoms with Crippen molar-refractivity contribution in [2.75, 3.05) is 0 Å². The van der Waals surface area contributed by atoms with Crippen LogP contribution in [0, 0.1) is 0 Å². The number of alkyl halides is 1. The van der Waals surface area contributed by atoms with Gasteiger partial charge in [-0.1, -0.05) is 11.6 Å². The Balaban J connectivity index is 2.57. The minimum atomic E-state index is -0.875. The lowest BCUT2D eigenvalue weighted by Gasteiger charge is -2.10. The molecule has 40 valence electrons. The molecule has 0 aromatic rings. The van der Waals surface area contributed by atoms with Crippen molar-refractivity contribution in [1.82, 2.24) is 10.9 Å². The van der Waals surface area contributed by atoms with Crippen molar-refractivity contribution < 1.29 is 0 Å². The van der Waals surface area contributed by atoms with Crippen molar-refractivity contribution in [2.24, 2.45) is 5.73 Å². The number of hydrogen-bond acceptors (Lipinski definition) is 3. The Morgan fingerprint density at radius 2 is 2.43 bits per heavy atom. The van der Waals surface area contributed by atoms with E-state index in [9.17, 15) is 0 Å². The maximum atomic E-state index is 5.48. The van der Waals surface area contributed by atoms with Crippen LogP contribution < -0.4 is 16.6 Å². The third kappa shape index (κ3) is 1.06. The second-order valence-corrected chi connectivity index (χ2v) is 2.00. The van der Waals surface area contributed by atoms with Crippen LogP contribution in [0.3, 0.4) is 0 Å². The van der Waals surface area contributed by atoms with E-state index in [4.69, 9.17) is 17.3 Å². The summed E-state index contributed by atoms with van der Waals surface area (Å²) in [7, 11) is 0. The second kappa shape index (κ2) is 1.36. The van der Waals surface area contributed by atoms with Crippen LogP contribution in [-0.2, 0) is 0 Å². The Morgan fingerprint density at radius 1 is 1.71 bits per heavy atom. The number of hydrazine groups is 1. The Kier molecular flexibility index (Phi) is 0.955. The Bertz CT molecular complexity index is 98.4. The third-order valence-electron chi connectivity index (χ3n) is 0.673. The van der Waals surface area contributed by atoms with E-state index in [-0.39, 0.29) is 0 Å². The maximum absolute atomic E-state index is 5.48. The predicted octanol–water partition coefficient (Wildman–Crippen LogP) is -0.541. The van der Waals surface area contributed by atoms with Gasteiger partial charge in [-0.2, -0.15) is 0 Å². The number of rotatable bonds is 0. The van der Waals surface area contributed by atoms with Crippen molar-refractivity contribution in [1.29, 1.82) is 0 Å². The van der Waals surface area contributed by atoms with Crippen LogP contribution in [0.15, 0.2) is 12.3 Å². The van der Waals surface area contributed by atoms with Gasteiger partial charge in [0.05, 0.1) is 0 Å². The molecule has 0 saturated heterocycles. The molecule has 3 nitrogen and oxygen atoms in total. The zero-order valence-electron chi connectivity index (χ0n) is 3.61. The van der Waals surface area contributed by atoms with E-state index in [2.05, 4.69) is 10.9 Å². The van der Waals surface area contributed by atoms with Crippen LogP contribution >= 0.6 is 11.6 Å². The lowest BCUT2D eigenvalue weighted by Crippen LogP contribution is -2.46. The van der Waals surface area contributed by atoms with Gasteiger partial charge in [0, 0.05) is 6.20 Å². The Hall–Kier alpha value is -0.250. The molecule has 0 radical (unpaired) electrons. The fourth-order valence-electron chi connectivity index (χ4n) is 0.357. The quantitative estimate of drug-likeness (QED) is 0.297. The molecule has 1 rings (SSSR count). The highest BCUT2D eigenvalue weighted by Crippen LogP contribution is 2.04. The fourth-order valence-corrected chi connectivity index (χ4v) is 0.474. The maximum Gasteiger partial charge on any atom is 0.181 e. The summed E-state index contributed by atoms with van der Waals surface area (Å²) in [6, 6.07) is 0. The van der Waals surface area contributed by atoms with Crippen LogP contribution in [-0.4, -0.2) is 5.12 Å². The van der Waals surface area contributed by atoms with Gasteiger partial charge in [-0.05, 0) is 6.08 Å². The van der Waals surface area contributed by atoms with Crippen molar-refractivity contribution in [3.05, 3.63) is 12.3 Å². The molecule has 4 heteroatoms. The molecule has 4 N–H and O–H groups in total. The number of nitrogens with two attached hydrogens (primary N) is 1. The predicted molar refractivity (Wildman–Crippen MR) is 28.2 cm³/mol. The normalized spacial score (nSPS) is 38.6. The van der Waals surface area contributed by atoms with Crippen LogP contribution in [0.25, 0.3) is 0 Å². The van der Waals surface area contributed by atoms with Crippen LogP contribution in [0.4, 0.5) is 0 Å². The number of hydrogen-bond donors (Lipinski definition) is 3. The summed E-state index contributed by atoms with van der Waals surface area (Å²) in [6.45, 7) is 0. The summed E-state index contributed by atoms with van der Waals surface area (Å²) in [5.41, 5.74) is 10.5. The lowest BCUT2D eigenvalue weighted by atomic mass is 10.5. The zero-order valence-corrected chi connectivity index (χ0v) is 4.37. The molecule has 0 amide bonds. The van der Waals surface area contributed by atoms with Crippen LogP contribution in [0.1, 0.15) is 0 Å². The molecule has 1 heterocycles. The summed E-state index contributed by atoms with van der Waals surface area (Å²) in [5.74, 6) is 0. The highest BCUT2D eigenvalue weighted by Gasteiger charge is 2.18. The molecular weight excluding hydrogens is 114 g/mol. The summed E-state index contributed by atoms with van der Waals surface area (Å²) < 4.78 is 0. The molecule has 1 atom stereocenters. The summed E-state index contributed by atoms with van der Waals surface area (Å²) in [6.07, 6.45) is 3.27. The molecule has 0 aromatic heterocycles. The molecule has 7 heavy (non-hydrogen) atoms. The van der Waals surface area contributed by atoms with Crippen molar-refractivity contribution in [2.45, 2.75) is 5.12 Å². The summed E-state index contributed by atoms with van der Waals surface area (Å²) in [4.78, 5) is 0. The van der Waals surface area contributed by atoms with Crippen molar-refractivity contribution in [3.63, 3.8) is 0 Å². The van der Waals surface area contributed by atoms with Crippen molar-refractivity contribution >= 4 is 11.6 Å². The highest BCUT2D eigenvalue weighted by atomic mass is 35.5. The molecule has 0 fully saturated rings. The largest absolute Gasteiger partial charge is 0.326 e. The first-order chi connectivity index (χ1) is 3.21. The topological polar surface area (TPSA) is 50.1 Å². The first-order valence-corrected chi connectivity index (χ1v) is 2.27. The monoisotopic (exact) mass is 119 g/mol. The first kappa shape index (κ1) is 4.90. The van der Waals surface area contributed by atoms with Gasteiger partial charge < -0.3 is 5.43 Å². The number of halogens is 1. The first-order valence-electron chi connectivity index (χ1n) is 1.89. The molecule has 0 aliphatic carbocycles. The van der Waals surface area contributed by atoms with Gasteiger partial charge in [0.2, 0.25) is 0 Å². The molecule has 1 unspecified atom stereocenters. The molecule has 0 aromatic carbocycles. The minimum absolute atomic E-state index is 0.875. The van der Waals surface area contributed by atoms with E-state index in [1.54, 1.807) is 12.3 Å². The molecule has 0 saturated carbocycles. The third-order valence-corrected chi connectivity index (χ3v) is 0.893. The summed E-state index contributed by atoms with van der Waals surface area (Å²) in [5, 5.41) is -0.875. The van der Waals surface area contributed by atoms with E-state index in [1.165, 1.54) is 0 Å². The van der Waals surface area contributed by atoms with E-state index < -0.39 is 5.12 Å². The molecule has 1 aliphatic rings. The minimum Gasteiger partial charge on any atom is -0.326 e. The van der Waals surface area contributed by atoms with Crippen LogP contribution in [0.2, 0.25) is 0 Å². The second-order valence-electron chi connectivity index (χ2n) is 1.37. The van der Waals surface area contributed by atoms with Gasteiger partial charge in [0.15, 0.2) is 5.12 Å². The van der Waals surface area contributed by atoms with Gasteiger partial charge in [-0.25, -0.2) is 5.43 Å². The Labute approximate surface area is 46.5 Å². The van der Waals surface area contributed by atoms with Gasteiger partial charge in [0.25, 0.3) is 0 Å². The van der Waals surface area contributed by atoms with Crippen LogP contribution in [0.5, 0.6) is 0 Å². The molecule has 1 aliphatic heterocycles. The molecule has 0 spiro atoms. The molecular formula is C3H6ClN3. The smallest absolute Gasteiger partial charge is 0.181 e. The van der Waals surface area contributed by atoms with E-state index in [1.807, 2.05) is 0 Å². The molecule has 0 bridgehead atoms. The van der Waals surface area contributed by atoms with E-state index in [0.29, 0.717) is 0 Å². The van der Waals surface area contributed by atoms with Crippen molar-refractivity contribution in [3.8, 4) is 0 Å². The SMILES string of the molecule is NC1(Cl)C=CNN1. The van der Waals surface area contributed by atoms with Gasteiger partial charge in [-0.15, -0.1) is 0 Å². The van der Waals surface area contributed by atoms with Gasteiger partial charge >= 0.3 is 0 Å². The van der Waals surface area contributed by atoms with E-state index >= 15 is 0 Å². The highest BCUT2D eigenvalue weighted by molar-refractivity contribution is 6.24. The summed E-state index contributed by atoms with van der Waals surface area (Å²) >= 11 is 5.48. The zero-order chi connectivity index (χ0) is 5.33. The van der Waals surface area contributed by atoms with Gasteiger partial charge in [-0.3, -0.25) is 5.73 Å². The average Bonchev–Trinajstić information content (AvgIpc) is 1.84. The fraction of sp³-hybridized carbons (Fsp3) is 0.333. The van der Waals surface area contributed by atoms with Gasteiger partial charge in [0.1, 0.15) is 0 Å². The van der Waals surface area contributed by atoms with E-state index in [0.717, 1.165) is 0 Å². The number of nitrogens with one attached hydrogen (secondary N) is 2. The average molecular weight is 120 g/mol. The lowest BCUT2D eigenvalue weighted by molar-refractivity contribution is 0.551.